The van der Waals surface area contributed by atoms with Crippen molar-refractivity contribution < 1.29 is 9.59 Å². The van der Waals surface area contributed by atoms with Gasteiger partial charge in [-0.05, 0) is 29.1 Å². The zero-order valence-electron chi connectivity index (χ0n) is 13.9. The lowest BCUT2D eigenvalue weighted by Crippen LogP contribution is -2.27. The lowest BCUT2D eigenvalue weighted by molar-refractivity contribution is -0.129. The van der Waals surface area contributed by atoms with Crippen LogP contribution in [0.3, 0.4) is 0 Å². The highest BCUT2D eigenvalue weighted by Gasteiger charge is 2.14. The summed E-state index contributed by atoms with van der Waals surface area (Å²) in [4.78, 5) is 31.0. The third-order valence-corrected chi connectivity index (χ3v) is 5.54. The van der Waals surface area contributed by atoms with Crippen molar-refractivity contribution in [3.05, 3.63) is 68.3 Å². The van der Waals surface area contributed by atoms with Crippen molar-refractivity contribution in [3.8, 4) is 0 Å². The van der Waals surface area contributed by atoms with Gasteiger partial charge in [0.15, 0.2) is 5.13 Å². The van der Waals surface area contributed by atoms with Crippen LogP contribution >= 0.6 is 34.3 Å². The monoisotopic (exact) mass is 405 g/mol. The van der Waals surface area contributed by atoms with Crippen LogP contribution < -0.4 is 5.32 Å². The van der Waals surface area contributed by atoms with E-state index < -0.39 is 0 Å². The van der Waals surface area contributed by atoms with Gasteiger partial charge in [0.2, 0.25) is 5.91 Å². The molecule has 0 aliphatic rings. The summed E-state index contributed by atoms with van der Waals surface area (Å²) in [5, 5.41) is 7.55. The number of aromatic nitrogens is 1. The van der Waals surface area contributed by atoms with Crippen LogP contribution in [0.25, 0.3) is 0 Å². The predicted octanol–water partition coefficient (Wildman–Crippen LogP) is 4.31. The number of thiophene rings is 1. The number of hydrogen-bond acceptors (Lipinski definition) is 5. The first-order valence-corrected chi connectivity index (χ1v) is 9.92. The number of anilines is 1. The molecule has 0 spiro atoms. The van der Waals surface area contributed by atoms with E-state index in [2.05, 4.69) is 10.3 Å². The molecule has 0 radical (unpaired) electrons. The molecule has 0 aliphatic carbocycles. The highest BCUT2D eigenvalue weighted by molar-refractivity contribution is 7.14. The zero-order valence-corrected chi connectivity index (χ0v) is 16.3. The van der Waals surface area contributed by atoms with Crippen molar-refractivity contribution in [3.63, 3.8) is 0 Å². The smallest absolute Gasteiger partial charge is 0.267 e. The van der Waals surface area contributed by atoms with Gasteiger partial charge in [-0.1, -0.05) is 29.8 Å². The molecule has 8 heteroatoms. The largest absolute Gasteiger partial charge is 0.341 e. The summed E-state index contributed by atoms with van der Waals surface area (Å²) in [6.45, 7) is 0.502. The number of nitrogens with one attached hydrogen (secondary N) is 1. The number of carbonyl (C=O) groups is 2. The summed E-state index contributed by atoms with van der Waals surface area (Å²) in [5.41, 5.74) is 1.65. The Morgan fingerprint density at radius 2 is 1.96 bits per heavy atom. The van der Waals surface area contributed by atoms with Crippen LogP contribution in [0.5, 0.6) is 0 Å². The van der Waals surface area contributed by atoms with Crippen LogP contribution in [0.15, 0.2) is 47.2 Å². The highest BCUT2D eigenvalue weighted by Crippen LogP contribution is 2.19. The summed E-state index contributed by atoms with van der Waals surface area (Å²) < 4.78 is 0. The van der Waals surface area contributed by atoms with Crippen LogP contribution in [-0.4, -0.2) is 28.7 Å². The molecular formula is C18H16ClN3O2S2. The average Bonchev–Trinajstić information content (AvgIpc) is 3.29. The molecular weight excluding hydrogens is 390 g/mol. The van der Waals surface area contributed by atoms with Crippen molar-refractivity contribution in [2.75, 3.05) is 12.4 Å². The van der Waals surface area contributed by atoms with Gasteiger partial charge in [0.25, 0.3) is 5.91 Å². The SMILES string of the molecule is CN(Cc1ccc(Cl)cc1)C(=O)Cc1csc(NC(=O)c2cccs2)n1. The quantitative estimate of drug-likeness (QED) is 0.664. The fraction of sp³-hybridized carbons (Fsp3) is 0.167. The maximum absolute atomic E-state index is 12.4. The number of halogens is 1. The minimum Gasteiger partial charge on any atom is -0.341 e. The number of likely N-dealkylation sites (N-methyl/N-ethyl adjacent to an activating group) is 1. The minimum atomic E-state index is -0.188. The average molecular weight is 406 g/mol. The molecule has 3 rings (SSSR count). The van der Waals surface area contributed by atoms with Crippen LogP contribution in [-0.2, 0) is 17.8 Å². The Balaban J connectivity index is 1.55. The van der Waals surface area contributed by atoms with E-state index in [0.29, 0.717) is 27.3 Å². The van der Waals surface area contributed by atoms with Crippen LogP contribution in [0, 0.1) is 0 Å². The summed E-state index contributed by atoms with van der Waals surface area (Å²) >= 11 is 8.55. The molecule has 1 aromatic carbocycles. The maximum atomic E-state index is 12.4. The van der Waals surface area contributed by atoms with Gasteiger partial charge in [-0.2, -0.15) is 0 Å². The first kappa shape index (κ1) is 18.6. The highest BCUT2D eigenvalue weighted by atomic mass is 35.5. The molecule has 0 saturated heterocycles. The molecule has 1 N–H and O–H groups in total. The number of benzene rings is 1. The van der Waals surface area contributed by atoms with E-state index in [4.69, 9.17) is 11.6 Å². The van der Waals surface area contributed by atoms with Crippen LogP contribution in [0.1, 0.15) is 20.9 Å². The first-order valence-electron chi connectivity index (χ1n) is 7.79. The molecule has 5 nitrogen and oxygen atoms in total. The summed E-state index contributed by atoms with van der Waals surface area (Å²) in [6.07, 6.45) is 0.190. The zero-order chi connectivity index (χ0) is 18.5. The van der Waals surface area contributed by atoms with Crippen LogP contribution in [0.4, 0.5) is 5.13 Å². The summed E-state index contributed by atoms with van der Waals surface area (Å²) in [6, 6.07) is 11.0. The van der Waals surface area contributed by atoms with Crippen molar-refractivity contribution in [1.82, 2.24) is 9.88 Å². The van der Waals surface area contributed by atoms with E-state index >= 15 is 0 Å². The molecule has 0 bridgehead atoms. The molecule has 0 unspecified atom stereocenters. The molecule has 0 atom stereocenters. The van der Waals surface area contributed by atoms with Crippen molar-refractivity contribution in [2.24, 2.45) is 0 Å². The van der Waals surface area contributed by atoms with Crippen molar-refractivity contribution in [1.29, 1.82) is 0 Å². The number of hydrogen-bond donors (Lipinski definition) is 1. The Kier molecular flexibility index (Phi) is 6.03. The van der Waals surface area contributed by atoms with Gasteiger partial charge < -0.3 is 4.90 Å². The lowest BCUT2D eigenvalue weighted by atomic mass is 10.2. The van der Waals surface area contributed by atoms with Gasteiger partial charge >= 0.3 is 0 Å². The fourth-order valence-corrected chi connectivity index (χ4v) is 3.70. The molecule has 0 fully saturated rings. The lowest BCUT2D eigenvalue weighted by Gasteiger charge is -2.16. The van der Waals surface area contributed by atoms with E-state index in [0.717, 1.165) is 5.56 Å². The second kappa shape index (κ2) is 8.44. The molecule has 2 amide bonds. The number of carbonyl (C=O) groups excluding carboxylic acids is 2. The van der Waals surface area contributed by atoms with E-state index in [1.54, 1.807) is 35.5 Å². The topological polar surface area (TPSA) is 62.3 Å². The third kappa shape index (κ3) is 4.91. The molecule has 0 saturated carbocycles. The molecule has 0 aliphatic heterocycles. The number of amides is 2. The number of rotatable bonds is 6. The fourth-order valence-electron chi connectivity index (χ4n) is 2.25. The normalized spacial score (nSPS) is 10.5. The maximum Gasteiger partial charge on any atom is 0.267 e. The third-order valence-electron chi connectivity index (χ3n) is 3.61. The summed E-state index contributed by atoms with van der Waals surface area (Å²) in [7, 11) is 1.75. The Labute approximate surface area is 164 Å². The van der Waals surface area contributed by atoms with Gasteiger partial charge in [-0.25, -0.2) is 4.98 Å². The summed E-state index contributed by atoms with van der Waals surface area (Å²) in [5.74, 6) is -0.228. The number of nitrogens with zero attached hydrogens (tertiary/aromatic N) is 2. The predicted molar refractivity (Wildman–Crippen MR) is 106 cm³/mol. The molecule has 26 heavy (non-hydrogen) atoms. The molecule has 134 valence electrons. The second-order valence-corrected chi connectivity index (χ2v) is 7.87. The van der Waals surface area contributed by atoms with E-state index in [1.165, 1.54) is 22.7 Å². The first-order chi connectivity index (χ1) is 12.5. The van der Waals surface area contributed by atoms with Gasteiger partial charge in [0.05, 0.1) is 17.0 Å². The van der Waals surface area contributed by atoms with E-state index in [-0.39, 0.29) is 18.2 Å². The van der Waals surface area contributed by atoms with Gasteiger partial charge in [-0.15, -0.1) is 22.7 Å². The Hall–Kier alpha value is -2.22. The van der Waals surface area contributed by atoms with Gasteiger partial charge in [-0.3, -0.25) is 14.9 Å². The molecule has 2 aromatic heterocycles. The van der Waals surface area contributed by atoms with Gasteiger partial charge in [0.1, 0.15) is 0 Å². The van der Waals surface area contributed by atoms with E-state index in [9.17, 15) is 9.59 Å². The number of thiazole rings is 1. The van der Waals surface area contributed by atoms with E-state index in [1.807, 2.05) is 23.6 Å². The van der Waals surface area contributed by atoms with Gasteiger partial charge in [0, 0.05) is 24.0 Å². The van der Waals surface area contributed by atoms with Crippen LogP contribution in [0.2, 0.25) is 5.02 Å². The van der Waals surface area contributed by atoms with Crippen molar-refractivity contribution >= 4 is 51.2 Å². The van der Waals surface area contributed by atoms with Crippen molar-refractivity contribution in [2.45, 2.75) is 13.0 Å². The Morgan fingerprint density at radius 3 is 2.65 bits per heavy atom. The second-order valence-electron chi connectivity index (χ2n) is 5.63. The Morgan fingerprint density at radius 1 is 1.19 bits per heavy atom. The minimum absolute atomic E-state index is 0.0404. The molecule has 3 aromatic rings. The standard InChI is InChI=1S/C18H16ClN3O2S2/c1-22(10-12-4-6-13(19)7-5-12)16(23)9-14-11-26-18(20-14)21-17(24)15-3-2-8-25-15/h2-8,11H,9-10H2,1H3,(H,20,21,24). The molecule has 2 heterocycles. The Bertz CT molecular complexity index is 892.